The Morgan fingerprint density at radius 3 is 2.79 bits per heavy atom. The molecule has 1 aliphatic heterocycles. The van der Waals surface area contributed by atoms with E-state index >= 15 is 0 Å². The molecule has 1 amide bonds. The fourth-order valence-electron chi connectivity index (χ4n) is 4.44. The first-order valence-corrected chi connectivity index (χ1v) is 10.6. The Bertz CT molecular complexity index is 1450. The smallest absolute Gasteiger partial charge is 0.336 e. The number of para-hydroxylation sites is 1. The first-order chi connectivity index (χ1) is 15.9. The Labute approximate surface area is 188 Å². The van der Waals surface area contributed by atoms with Gasteiger partial charge in [-0.2, -0.15) is 0 Å². The van der Waals surface area contributed by atoms with Crippen molar-refractivity contribution >= 4 is 33.7 Å². The van der Waals surface area contributed by atoms with E-state index in [2.05, 4.69) is 4.98 Å². The van der Waals surface area contributed by atoms with Gasteiger partial charge in [0, 0.05) is 40.5 Å². The van der Waals surface area contributed by atoms with Crippen molar-refractivity contribution in [3.8, 4) is 5.75 Å². The van der Waals surface area contributed by atoms with Crippen molar-refractivity contribution < 1.29 is 23.5 Å². The number of methoxy groups -OCH3 is 1. The van der Waals surface area contributed by atoms with Crippen LogP contribution in [0.3, 0.4) is 0 Å². The summed E-state index contributed by atoms with van der Waals surface area (Å²) in [5, 5.41) is 1.83. The molecule has 3 heterocycles. The first kappa shape index (κ1) is 20.8. The highest BCUT2D eigenvalue weighted by Crippen LogP contribution is 2.31. The molecule has 0 saturated carbocycles. The predicted octanol–water partition coefficient (Wildman–Crippen LogP) is 3.09. The number of aryl methyl sites for hydroxylation is 1. The van der Waals surface area contributed by atoms with Crippen LogP contribution < -0.4 is 10.4 Å². The zero-order valence-electron chi connectivity index (χ0n) is 18.2. The van der Waals surface area contributed by atoms with Gasteiger partial charge < -0.3 is 23.8 Å². The number of aromatic amines is 1. The summed E-state index contributed by atoms with van der Waals surface area (Å²) in [6, 6.07) is 13.6. The molecule has 0 unspecified atom stereocenters. The molecule has 0 spiro atoms. The number of hydrogen-bond donors (Lipinski definition) is 1. The molecule has 0 saturated heterocycles. The molecule has 2 aromatic heterocycles. The van der Waals surface area contributed by atoms with Crippen LogP contribution in [0, 0.1) is 6.92 Å². The molecule has 0 fully saturated rings. The molecule has 8 heteroatoms. The lowest BCUT2D eigenvalue weighted by molar-refractivity contribution is -0.154. The van der Waals surface area contributed by atoms with Crippen molar-refractivity contribution in [1.29, 1.82) is 0 Å². The highest BCUT2D eigenvalue weighted by molar-refractivity contribution is 5.90. The minimum atomic E-state index is -0.741. The predicted molar refractivity (Wildman–Crippen MR) is 121 cm³/mol. The number of nitrogens with zero attached hydrogens (tertiary/aromatic N) is 1. The number of ether oxygens (including phenoxy) is 2. The van der Waals surface area contributed by atoms with Crippen LogP contribution in [0.5, 0.6) is 5.75 Å². The molecular weight excluding hydrogens is 424 g/mol. The van der Waals surface area contributed by atoms with Crippen LogP contribution in [0.15, 0.2) is 57.7 Å². The number of rotatable bonds is 4. The van der Waals surface area contributed by atoms with Crippen molar-refractivity contribution in [3.05, 3.63) is 75.8 Å². The van der Waals surface area contributed by atoms with Crippen molar-refractivity contribution in [2.75, 3.05) is 13.7 Å². The van der Waals surface area contributed by atoms with Crippen LogP contribution in [-0.4, -0.2) is 41.5 Å². The lowest BCUT2D eigenvalue weighted by Crippen LogP contribution is -2.50. The maximum atomic E-state index is 13.1. The number of benzene rings is 2. The van der Waals surface area contributed by atoms with E-state index in [4.69, 9.17) is 13.9 Å². The number of nitrogens with one attached hydrogen (secondary N) is 1. The largest absolute Gasteiger partial charge is 0.484 e. The summed E-state index contributed by atoms with van der Waals surface area (Å²) >= 11 is 0. The maximum Gasteiger partial charge on any atom is 0.336 e. The zero-order chi connectivity index (χ0) is 23.1. The van der Waals surface area contributed by atoms with Gasteiger partial charge in [0.25, 0.3) is 5.91 Å². The molecular formula is C25H22N2O6. The number of hydrogen-bond acceptors (Lipinski definition) is 6. The summed E-state index contributed by atoms with van der Waals surface area (Å²) in [5.41, 5.74) is 3.62. The highest BCUT2D eigenvalue weighted by Gasteiger charge is 2.37. The van der Waals surface area contributed by atoms with Crippen LogP contribution in [0.25, 0.3) is 21.9 Å². The highest BCUT2D eigenvalue weighted by atomic mass is 16.5. The van der Waals surface area contributed by atoms with E-state index in [1.165, 1.54) is 18.1 Å². The van der Waals surface area contributed by atoms with Crippen LogP contribution >= 0.6 is 0 Å². The molecule has 5 rings (SSSR count). The third-order valence-corrected chi connectivity index (χ3v) is 6.08. The summed E-state index contributed by atoms with van der Waals surface area (Å²) in [7, 11) is 1.32. The van der Waals surface area contributed by atoms with Crippen LogP contribution in [0.4, 0.5) is 0 Å². The van der Waals surface area contributed by atoms with E-state index in [0.717, 1.165) is 33.1 Å². The Balaban J connectivity index is 1.39. The second-order valence-electron chi connectivity index (χ2n) is 8.09. The van der Waals surface area contributed by atoms with Crippen molar-refractivity contribution in [2.24, 2.45) is 0 Å². The summed E-state index contributed by atoms with van der Waals surface area (Å²) in [5.74, 6) is -0.426. The average Bonchev–Trinajstić information content (AvgIpc) is 3.18. The van der Waals surface area contributed by atoms with E-state index in [1.807, 2.05) is 31.2 Å². The monoisotopic (exact) mass is 446 g/mol. The van der Waals surface area contributed by atoms with Gasteiger partial charge in [-0.15, -0.1) is 0 Å². The fraction of sp³-hybridized carbons (Fsp3) is 0.240. The van der Waals surface area contributed by atoms with Gasteiger partial charge in [-0.05, 0) is 36.2 Å². The number of esters is 1. The number of amides is 1. The van der Waals surface area contributed by atoms with Gasteiger partial charge in [0.05, 0.1) is 13.7 Å². The Morgan fingerprint density at radius 1 is 1.15 bits per heavy atom. The van der Waals surface area contributed by atoms with Gasteiger partial charge in [0.15, 0.2) is 6.61 Å². The number of fused-ring (bicyclic) bond motifs is 4. The van der Waals surface area contributed by atoms with Gasteiger partial charge in [0.1, 0.15) is 17.4 Å². The third-order valence-electron chi connectivity index (χ3n) is 6.08. The normalized spacial score (nSPS) is 15.5. The topological polar surface area (TPSA) is 102 Å². The molecule has 1 aliphatic rings. The summed E-state index contributed by atoms with van der Waals surface area (Å²) < 4.78 is 15.9. The van der Waals surface area contributed by atoms with E-state index in [1.54, 1.807) is 18.2 Å². The quantitative estimate of drug-likeness (QED) is 0.382. The molecule has 168 valence electrons. The molecule has 0 aliphatic carbocycles. The fourth-order valence-corrected chi connectivity index (χ4v) is 4.44. The lowest BCUT2D eigenvalue weighted by atomic mass is 9.96. The molecule has 0 bridgehead atoms. The van der Waals surface area contributed by atoms with E-state index in [9.17, 15) is 14.4 Å². The van der Waals surface area contributed by atoms with Gasteiger partial charge in [-0.3, -0.25) is 4.79 Å². The first-order valence-electron chi connectivity index (χ1n) is 10.6. The second-order valence-corrected chi connectivity index (χ2v) is 8.09. The van der Waals surface area contributed by atoms with Gasteiger partial charge >= 0.3 is 11.6 Å². The Hall–Kier alpha value is -4.07. The molecule has 1 N–H and O–H groups in total. The number of carbonyl (C=O) groups is 2. The number of carbonyl (C=O) groups excluding carboxylic acids is 2. The van der Waals surface area contributed by atoms with Crippen molar-refractivity contribution in [3.63, 3.8) is 0 Å². The molecule has 1 atom stereocenters. The maximum absolute atomic E-state index is 13.1. The SMILES string of the molecule is COC(=O)[C@@H]1Cc2c([nH]c3ccccc23)CN1C(=O)COc1ccc2c(C)cc(=O)oc2c1. The van der Waals surface area contributed by atoms with E-state index in [-0.39, 0.29) is 19.1 Å². The minimum absolute atomic E-state index is 0.248. The molecule has 33 heavy (non-hydrogen) atoms. The summed E-state index contributed by atoms with van der Waals surface area (Å²) in [4.78, 5) is 42.1. The van der Waals surface area contributed by atoms with Gasteiger partial charge in [0.2, 0.25) is 0 Å². The average molecular weight is 446 g/mol. The minimum Gasteiger partial charge on any atom is -0.484 e. The van der Waals surface area contributed by atoms with Crippen LogP contribution in [0.1, 0.15) is 16.8 Å². The van der Waals surface area contributed by atoms with Crippen molar-refractivity contribution in [2.45, 2.75) is 25.9 Å². The third kappa shape index (κ3) is 3.73. The molecule has 2 aromatic carbocycles. The lowest BCUT2D eigenvalue weighted by Gasteiger charge is -2.33. The van der Waals surface area contributed by atoms with Crippen LogP contribution in [0.2, 0.25) is 0 Å². The zero-order valence-corrected chi connectivity index (χ0v) is 18.2. The second kappa shape index (κ2) is 8.12. The summed E-state index contributed by atoms with van der Waals surface area (Å²) in [6.45, 7) is 1.80. The van der Waals surface area contributed by atoms with E-state index < -0.39 is 17.6 Å². The molecule has 8 nitrogen and oxygen atoms in total. The van der Waals surface area contributed by atoms with Crippen LogP contribution in [-0.2, 0) is 27.3 Å². The number of aromatic nitrogens is 1. The number of H-pyrrole nitrogens is 1. The molecule has 0 radical (unpaired) electrons. The van der Waals surface area contributed by atoms with Gasteiger partial charge in [-0.25, -0.2) is 9.59 Å². The van der Waals surface area contributed by atoms with Gasteiger partial charge in [-0.1, -0.05) is 18.2 Å². The standard InChI is InChI=1S/C25H22N2O6/c1-14-9-24(29)33-22-10-15(7-8-16(14)22)32-13-23(28)27-12-20-18(11-21(27)25(30)31-2)17-5-3-4-6-19(17)26-20/h3-10,21,26H,11-13H2,1-2H3/t21-/m0/s1. The van der Waals surface area contributed by atoms with Crippen molar-refractivity contribution in [1.82, 2.24) is 9.88 Å². The Morgan fingerprint density at radius 2 is 1.97 bits per heavy atom. The molecule has 4 aromatic rings. The van der Waals surface area contributed by atoms with E-state index in [0.29, 0.717) is 17.8 Å². The Kier molecular flexibility index (Phi) is 5.12. The summed E-state index contributed by atoms with van der Waals surface area (Å²) in [6.07, 6.45) is 0.359.